The predicted octanol–water partition coefficient (Wildman–Crippen LogP) is 2.23. The van der Waals surface area contributed by atoms with Crippen LogP contribution >= 0.6 is 11.3 Å². The van der Waals surface area contributed by atoms with Crippen molar-refractivity contribution in [2.75, 3.05) is 0 Å². The Morgan fingerprint density at radius 3 is 2.53 bits per heavy atom. The largest absolute Gasteiger partial charge is 0.409 e. The minimum absolute atomic E-state index is 0.0305. The number of amidine groups is 1. The molecule has 0 radical (unpaired) electrons. The van der Waals surface area contributed by atoms with Gasteiger partial charge < -0.3 is 16.3 Å². The molecule has 0 unspecified atom stereocenters. The van der Waals surface area contributed by atoms with Crippen LogP contribution in [0.4, 0.5) is 0 Å². The lowest BCUT2D eigenvalue weighted by Crippen LogP contribution is -2.49. The van der Waals surface area contributed by atoms with Crippen molar-refractivity contribution in [1.82, 2.24) is 5.32 Å². The molecule has 0 spiro atoms. The van der Waals surface area contributed by atoms with Crippen molar-refractivity contribution in [3.8, 4) is 0 Å². The Hall–Kier alpha value is -1.56. The molecule has 6 heteroatoms. The van der Waals surface area contributed by atoms with Crippen molar-refractivity contribution in [3.63, 3.8) is 0 Å². The molecular weight excluding hydrogens is 262 g/mol. The first kappa shape index (κ1) is 15.5. The lowest BCUT2D eigenvalue weighted by Gasteiger charge is -2.28. The van der Waals surface area contributed by atoms with Gasteiger partial charge in [0.2, 0.25) is 5.91 Å². The molecule has 0 bridgehead atoms. The summed E-state index contributed by atoms with van der Waals surface area (Å²) in [5.41, 5.74) is 7.02. The van der Waals surface area contributed by atoms with E-state index in [0.717, 1.165) is 11.1 Å². The Bertz CT molecular complexity index is 464. The van der Waals surface area contributed by atoms with Crippen LogP contribution in [-0.2, 0) is 11.3 Å². The molecule has 0 atom stereocenters. The van der Waals surface area contributed by atoms with Crippen LogP contribution in [0.1, 0.15) is 37.8 Å². The molecule has 0 aliphatic carbocycles. The summed E-state index contributed by atoms with van der Waals surface area (Å²) in [5, 5.41) is 18.8. The fourth-order valence-corrected chi connectivity index (χ4v) is 2.92. The predicted molar refractivity (Wildman–Crippen MR) is 77.3 cm³/mol. The summed E-state index contributed by atoms with van der Waals surface area (Å²) in [6, 6.07) is 0. The average molecular weight is 283 g/mol. The van der Waals surface area contributed by atoms with Crippen LogP contribution < -0.4 is 11.1 Å². The number of nitrogens with two attached hydrogens (primary N) is 1. The summed E-state index contributed by atoms with van der Waals surface area (Å²) in [7, 11) is 0. The van der Waals surface area contributed by atoms with E-state index in [1.54, 1.807) is 11.3 Å². The summed E-state index contributed by atoms with van der Waals surface area (Å²) in [4.78, 5) is 12.4. The van der Waals surface area contributed by atoms with E-state index in [4.69, 9.17) is 10.9 Å². The van der Waals surface area contributed by atoms with Crippen molar-refractivity contribution in [2.24, 2.45) is 16.3 Å². The third-order valence-electron chi connectivity index (χ3n) is 3.64. The van der Waals surface area contributed by atoms with Gasteiger partial charge in [0.1, 0.15) is 5.41 Å². The average Bonchev–Trinajstić information content (AvgIpc) is 2.83. The van der Waals surface area contributed by atoms with Gasteiger partial charge in [-0.1, -0.05) is 19.0 Å². The van der Waals surface area contributed by atoms with Gasteiger partial charge in [0.05, 0.1) is 0 Å². The Labute approximate surface area is 117 Å². The van der Waals surface area contributed by atoms with Crippen LogP contribution in [0.25, 0.3) is 0 Å². The summed E-state index contributed by atoms with van der Waals surface area (Å²) >= 11 is 1.61. The fraction of sp³-hybridized carbons (Fsp3) is 0.538. The standard InChI is InChI=1S/C13H21N3O2S/c1-4-13(5-2,11(14)16-18)12(17)15-6-10-8-19-7-9(10)3/h7-8,18H,4-6H2,1-3H3,(H2,14,16)(H,15,17). The van der Waals surface area contributed by atoms with E-state index in [1.165, 1.54) is 0 Å². The molecule has 106 valence electrons. The minimum atomic E-state index is -0.932. The molecule has 1 heterocycles. The first-order valence-corrected chi connectivity index (χ1v) is 7.24. The van der Waals surface area contributed by atoms with Crippen molar-refractivity contribution >= 4 is 23.1 Å². The third kappa shape index (κ3) is 3.07. The van der Waals surface area contributed by atoms with Gasteiger partial charge in [-0.15, -0.1) is 0 Å². The normalized spacial score (nSPS) is 12.5. The molecule has 0 fully saturated rings. The van der Waals surface area contributed by atoms with Crippen LogP contribution in [0.5, 0.6) is 0 Å². The molecule has 1 rings (SSSR count). The van der Waals surface area contributed by atoms with E-state index >= 15 is 0 Å². The summed E-state index contributed by atoms with van der Waals surface area (Å²) in [5.74, 6) is -0.226. The highest BCUT2D eigenvalue weighted by Crippen LogP contribution is 2.27. The molecule has 5 nitrogen and oxygen atoms in total. The molecule has 4 N–H and O–H groups in total. The zero-order valence-corrected chi connectivity index (χ0v) is 12.4. The summed E-state index contributed by atoms with van der Waals surface area (Å²) in [6.07, 6.45) is 0.988. The summed E-state index contributed by atoms with van der Waals surface area (Å²) in [6.45, 7) is 6.19. The van der Waals surface area contributed by atoms with Gasteiger partial charge in [0.15, 0.2) is 5.84 Å². The second-order valence-electron chi connectivity index (χ2n) is 4.54. The van der Waals surface area contributed by atoms with Gasteiger partial charge in [-0.05, 0) is 41.7 Å². The first-order valence-electron chi connectivity index (χ1n) is 6.29. The number of nitrogens with one attached hydrogen (secondary N) is 1. The van der Waals surface area contributed by atoms with Crippen molar-refractivity contribution in [3.05, 3.63) is 21.9 Å². The van der Waals surface area contributed by atoms with Crippen LogP contribution in [0, 0.1) is 12.3 Å². The molecule has 1 aromatic heterocycles. The number of amides is 1. The maximum absolute atomic E-state index is 12.4. The molecule has 19 heavy (non-hydrogen) atoms. The Morgan fingerprint density at radius 2 is 2.11 bits per heavy atom. The van der Waals surface area contributed by atoms with Gasteiger partial charge in [-0.25, -0.2) is 0 Å². The number of hydrogen-bond acceptors (Lipinski definition) is 4. The number of aryl methyl sites for hydroxylation is 1. The molecular formula is C13H21N3O2S. The van der Waals surface area contributed by atoms with E-state index in [-0.39, 0.29) is 11.7 Å². The van der Waals surface area contributed by atoms with Gasteiger partial charge >= 0.3 is 0 Å². The molecule has 0 aliphatic rings. The minimum Gasteiger partial charge on any atom is -0.409 e. The van der Waals surface area contributed by atoms with Crippen LogP contribution in [0.2, 0.25) is 0 Å². The number of hydrogen-bond donors (Lipinski definition) is 3. The van der Waals surface area contributed by atoms with E-state index < -0.39 is 5.41 Å². The number of carbonyl (C=O) groups excluding carboxylic acids is 1. The van der Waals surface area contributed by atoms with Crippen molar-refractivity contribution in [1.29, 1.82) is 0 Å². The number of nitrogens with zero attached hydrogens (tertiary/aromatic N) is 1. The zero-order chi connectivity index (χ0) is 14.5. The topological polar surface area (TPSA) is 87.7 Å². The Kier molecular flexibility index (Phi) is 5.35. The van der Waals surface area contributed by atoms with Crippen LogP contribution in [-0.4, -0.2) is 17.0 Å². The number of thiophene rings is 1. The zero-order valence-electron chi connectivity index (χ0n) is 11.6. The lowest BCUT2D eigenvalue weighted by molar-refractivity contribution is -0.128. The summed E-state index contributed by atoms with van der Waals surface area (Å²) < 4.78 is 0. The van der Waals surface area contributed by atoms with Crippen LogP contribution in [0.15, 0.2) is 15.9 Å². The SMILES string of the molecule is CCC(CC)(C(=O)NCc1cscc1C)C(N)=NO. The molecule has 0 aliphatic heterocycles. The molecule has 0 saturated heterocycles. The van der Waals surface area contributed by atoms with Gasteiger partial charge in [-0.2, -0.15) is 11.3 Å². The molecule has 0 aromatic carbocycles. The fourth-order valence-electron chi connectivity index (χ4n) is 2.06. The monoisotopic (exact) mass is 283 g/mol. The van der Waals surface area contributed by atoms with E-state index in [9.17, 15) is 4.79 Å². The highest BCUT2D eigenvalue weighted by molar-refractivity contribution is 7.08. The lowest BCUT2D eigenvalue weighted by atomic mass is 9.80. The quantitative estimate of drug-likeness (QED) is 0.324. The highest BCUT2D eigenvalue weighted by Gasteiger charge is 2.39. The van der Waals surface area contributed by atoms with Crippen molar-refractivity contribution in [2.45, 2.75) is 40.2 Å². The van der Waals surface area contributed by atoms with Gasteiger partial charge in [0, 0.05) is 6.54 Å². The first-order chi connectivity index (χ1) is 9.01. The smallest absolute Gasteiger partial charge is 0.234 e. The van der Waals surface area contributed by atoms with Crippen molar-refractivity contribution < 1.29 is 10.0 Å². The number of oxime groups is 1. The van der Waals surface area contributed by atoms with E-state index in [1.807, 2.05) is 31.5 Å². The van der Waals surface area contributed by atoms with Gasteiger partial charge in [0.25, 0.3) is 0 Å². The van der Waals surface area contributed by atoms with E-state index in [2.05, 4.69) is 10.5 Å². The third-order valence-corrected chi connectivity index (χ3v) is 4.55. The molecule has 0 saturated carbocycles. The van der Waals surface area contributed by atoms with E-state index in [0.29, 0.717) is 19.4 Å². The number of rotatable bonds is 6. The number of carbonyl (C=O) groups is 1. The Balaban J connectivity index is 2.82. The maximum Gasteiger partial charge on any atom is 0.234 e. The molecule has 1 amide bonds. The molecule has 1 aromatic rings. The Morgan fingerprint density at radius 1 is 1.47 bits per heavy atom. The second kappa shape index (κ2) is 6.56. The maximum atomic E-state index is 12.4. The second-order valence-corrected chi connectivity index (χ2v) is 5.28. The van der Waals surface area contributed by atoms with Crippen LogP contribution in [0.3, 0.4) is 0 Å². The van der Waals surface area contributed by atoms with Gasteiger partial charge in [-0.3, -0.25) is 4.79 Å². The highest BCUT2D eigenvalue weighted by atomic mass is 32.1.